The molecule has 1 aromatic heterocycles. The summed E-state index contributed by atoms with van der Waals surface area (Å²) >= 11 is 3.43. The van der Waals surface area contributed by atoms with Crippen LogP contribution in [-0.4, -0.2) is 19.2 Å². The second kappa shape index (κ2) is 6.11. The van der Waals surface area contributed by atoms with Crippen molar-refractivity contribution in [3.8, 4) is 11.5 Å². The van der Waals surface area contributed by atoms with E-state index in [1.807, 2.05) is 25.1 Å². The molecule has 0 spiro atoms. The van der Waals surface area contributed by atoms with Crippen molar-refractivity contribution in [2.75, 3.05) is 14.2 Å². The second-order valence-electron chi connectivity index (χ2n) is 3.66. The molecule has 0 fully saturated rings. The van der Waals surface area contributed by atoms with E-state index in [-0.39, 0.29) is 0 Å². The van der Waals surface area contributed by atoms with E-state index < -0.39 is 0 Å². The molecule has 2 aromatic rings. The molecular weight excluding hydrogens is 266 g/mol. The number of nitrogens with zero attached hydrogens (tertiary/aromatic N) is 1. The van der Waals surface area contributed by atoms with Crippen molar-refractivity contribution in [1.82, 2.24) is 4.98 Å². The number of rotatable bonds is 5. The third-order valence-corrected chi connectivity index (χ3v) is 4.26. The Morgan fingerprint density at radius 1 is 1.22 bits per heavy atom. The maximum absolute atomic E-state index is 5.28. The van der Waals surface area contributed by atoms with E-state index in [1.165, 1.54) is 0 Å². The van der Waals surface area contributed by atoms with Gasteiger partial charge in [0.15, 0.2) is 11.5 Å². The zero-order valence-corrected chi connectivity index (χ0v) is 12.2. The largest absolute Gasteiger partial charge is 0.493 e. The van der Waals surface area contributed by atoms with Gasteiger partial charge in [-0.3, -0.25) is 0 Å². The molecule has 0 amide bonds. The summed E-state index contributed by atoms with van der Waals surface area (Å²) in [6, 6.07) is 5.95. The lowest BCUT2D eigenvalue weighted by Crippen LogP contribution is -1.90. The summed E-state index contributed by atoms with van der Waals surface area (Å²) in [5, 5.41) is 3.21. The number of ether oxygens (including phenoxy) is 2. The van der Waals surface area contributed by atoms with Gasteiger partial charge in [-0.25, -0.2) is 4.98 Å². The van der Waals surface area contributed by atoms with Crippen LogP contribution in [0.4, 0.5) is 0 Å². The molecule has 0 atom stereocenters. The molecule has 18 heavy (non-hydrogen) atoms. The topological polar surface area (TPSA) is 31.4 Å². The first kappa shape index (κ1) is 13.2. The fourth-order valence-electron chi connectivity index (χ4n) is 1.54. The smallest absolute Gasteiger partial charge is 0.161 e. The van der Waals surface area contributed by atoms with Gasteiger partial charge in [0.05, 0.1) is 24.9 Å². The average molecular weight is 281 g/mol. The first-order chi connectivity index (χ1) is 8.72. The van der Waals surface area contributed by atoms with Crippen LogP contribution in [-0.2, 0) is 5.75 Å². The molecule has 3 nitrogen and oxygen atoms in total. The van der Waals surface area contributed by atoms with Crippen molar-refractivity contribution in [1.29, 1.82) is 0 Å². The molecule has 0 aliphatic rings. The van der Waals surface area contributed by atoms with Crippen LogP contribution in [0.5, 0.6) is 11.5 Å². The van der Waals surface area contributed by atoms with E-state index in [9.17, 15) is 0 Å². The quantitative estimate of drug-likeness (QED) is 0.781. The minimum absolute atomic E-state index is 0.756. The average Bonchev–Trinajstić information content (AvgIpc) is 2.81. The van der Waals surface area contributed by atoms with Crippen molar-refractivity contribution in [2.45, 2.75) is 17.6 Å². The van der Waals surface area contributed by atoms with Gasteiger partial charge in [-0.2, -0.15) is 0 Å². The third-order valence-electron chi connectivity index (χ3n) is 2.41. The lowest BCUT2D eigenvalue weighted by molar-refractivity contribution is 0.354. The molecule has 1 aromatic carbocycles. The van der Waals surface area contributed by atoms with Gasteiger partial charge in [0.2, 0.25) is 0 Å². The number of hydrogen-bond acceptors (Lipinski definition) is 5. The maximum atomic E-state index is 5.28. The number of aryl methyl sites for hydroxylation is 1. The zero-order valence-electron chi connectivity index (χ0n) is 10.6. The van der Waals surface area contributed by atoms with E-state index in [4.69, 9.17) is 9.47 Å². The minimum Gasteiger partial charge on any atom is -0.493 e. The molecule has 0 N–H and O–H groups in total. The number of aromatic nitrogens is 1. The van der Waals surface area contributed by atoms with Gasteiger partial charge < -0.3 is 9.47 Å². The Labute approximate surface area is 115 Å². The number of methoxy groups -OCH3 is 2. The van der Waals surface area contributed by atoms with Gasteiger partial charge in [-0.1, -0.05) is 0 Å². The summed E-state index contributed by atoms with van der Waals surface area (Å²) < 4.78 is 10.5. The van der Waals surface area contributed by atoms with Crippen LogP contribution in [0.3, 0.4) is 0 Å². The van der Waals surface area contributed by atoms with E-state index in [1.54, 1.807) is 37.3 Å². The number of hydrogen-bond donors (Lipinski definition) is 0. The van der Waals surface area contributed by atoms with E-state index in [2.05, 4.69) is 10.4 Å². The fourth-order valence-corrected chi connectivity index (χ4v) is 3.07. The van der Waals surface area contributed by atoms with Crippen LogP contribution in [0.15, 0.2) is 28.5 Å². The van der Waals surface area contributed by atoms with Gasteiger partial charge in [0.25, 0.3) is 0 Å². The van der Waals surface area contributed by atoms with Crippen LogP contribution in [0, 0.1) is 6.92 Å². The summed E-state index contributed by atoms with van der Waals surface area (Å²) in [6.07, 6.45) is 0. The zero-order chi connectivity index (χ0) is 13.0. The number of benzene rings is 1. The van der Waals surface area contributed by atoms with Crippen LogP contribution >= 0.6 is 23.1 Å². The summed E-state index contributed by atoms with van der Waals surface area (Å²) in [7, 11) is 3.29. The lowest BCUT2D eigenvalue weighted by atomic mass is 10.3. The standard InChI is InChI=1S/C13H15NO2S2/c1-9-14-10(7-17-9)8-18-11-4-5-12(15-2)13(6-11)16-3/h4-7H,8H2,1-3H3. The fraction of sp³-hybridized carbons (Fsp3) is 0.308. The van der Waals surface area contributed by atoms with Gasteiger partial charge in [-0.05, 0) is 25.1 Å². The van der Waals surface area contributed by atoms with Crippen LogP contribution < -0.4 is 9.47 Å². The Hall–Kier alpha value is -1.20. The molecule has 0 saturated carbocycles. The van der Waals surface area contributed by atoms with Gasteiger partial charge in [0.1, 0.15) is 0 Å². The van der Waals surface area contributed by atoms with Crippen molar-refractivity contribution >= 4 is 23.1 Å². The minimum atomic E-state index is 0.756. The first-order valence-electron chi connectivity index (χ1n) is 5.48. The molecule has 0 aliphatic heterocycles. The molecule has 5 heteroatoms. The normalized spacial score (nSPS) is 10.4. The molecule has 0 saturated heterocycles. The van der Waals surface area contributed by atoms with E-state index in [0.717, 1.165) is 32.8 Å². The SMILES string of the molecule is COc1ccc(SCc2csc(C)n2)cc1OC. The first-order valence-corrected chi connectivity index (χ1v) is 7.35. The molecule has 0 bridgehead atoms. The third kappa shape index (κ3) is 3.17. The van der Waals surface area contributed by atoms with E-state index in [0.29, 0.717) is 0 Å². The van der Waals surface area contributed by atoms with Crippen LogP contribution in [0.2, 0.25) is 0 Å². The Kier molecular flexibility index (Phi) is 4.49. The molecule has 0 radical (unpaired) electrons. The Balaban J connectivity index is 2.05. The van der Waals surface area contributed by atoms with Gasteiger partial charge >= 0.3 is 0 Å². The number of thioether (sulfide) groups is 1. The predicted octanol–water partition coefficient (Wildman–Crippen LogP) is 3.76. The molecule has 0 unspecified atom stereocenters. The Morgan fingerprint density at radius 2 is 2.00 bits per heavy atom. The highest BCUT2D eigenvalue weighted by atomic mass is 32.2. The van der Waals surface area contributed by atoms with Crippen molar-refractivity contribution in [3.63, 3.8) is 0 Å². The molecule has 2 rings (SSSR count). The second-order valence-corrected chi connectivity index (χ2v) is 5.77. The molecular formula is C13H15NO2S2. The van der Waals surface area contributed by atoms with Crippen LogP contribution in [0.25, 0.3) is 0 Å². The highest BCUT2D eigenvalue weighted by Gasteiger charge is 2.06. The monoisotopic (exact) mass is 281 g/mol. The highest BCUT2D eigenvalue weighted by molar-refractivity contribution is 7.98. The summed E-state index contributed by atoms with van der Waals surface area (Å²) in [4.78, 5) is 5.60. The number of thiazole rings is 1. The lowest BCUT2D eigenvalue weighted by Gasteiger charge is -2.08. The van der Waals surface area contributed by atoms with Gasteiger partial charge in [-0.15, -0.1) is 23.1 Å². The van der Waals surface area contributed by atoms with Crippen molar-refractivity contribution in [2.24, 2.45) is 0 Å². The Bertz CT molecular complexity index is 525. The molecule has 0 aliphatic carbocycles. The summed E-state index contributed by atoms with van der Waals surface area (Å²) in [6.45, 7) is 2.02. The predicted molar refractivity (Wildman–Crippen MR) is 76.0 cm³/mol. The Morgan fingerprint density at radius 3 is 2.61 bits per heavy atom. The van der Waals surface area contributed by atoms with E-state index >= 15 is 0 Å². The molecule has 1 heterocycles. The van der Waals surface area contributed by atoms with Crippen LogP contribution in [0.1, 0.15) is 10.7 Å². The maximum Gasteiger partial charge on any atom is 0.161 e. The van der Waals surface area contributed by atoms with Crippen molar-refractivity contribution in [3.05, 3.63) is 34.3 Å². The summed E-state index contributed by atoms with van der Waals surface area (Å²) in [5.41, 5.74) is 1.12. The van der Waals surface area contributed by atoms with Crippen molar-refractivity contribution < 1.29 is 9.47 Å². The molecule has 96 valence electrons. The summed E-state index contributed by atoms with van der Waals surface area (Å²) in [5.74, 6) is 2.39. The highest BCUT2D eigenvalue weighted by Crippen LogP contribution is 2.33. The van der Waals surface area contributed by atoms with Gasteiger partial charge in [0, 0.05) is 16.0 Å².